The number of anilines is 1. The molecule has 0 aliphatic heterocycles. The van der Waals surface area contributed by atoms with E-state index >= 15 is 0 Å². The van der Waals surface area contributed by atoms with Crippen molar-refractivity contribution in [3.63, 3.8) is 0 Å². The average Bonchev–Trinajstić information content (AvgIpc) is 2.46. The van der Waals surface area contributed by atoms with Gasteiger partial charge in [-0.25, -0.2) is 9.97 Å². The SMILES string of the molecule is CCCc1nc(Br)cc(NCC2(CO)CCCCC2)n1. The first kappa shape index (κ1) is 15.7. The normalized spacial score (nSPS) is 17.9. The van der Waals surface area contributed by atoms with Gasteiger partial charge in [0.1, 0.15) is 16.2 Å². The van der Waals surface area contributed by atoms with E-state index in [2.05, 4.69) is 38.1 Å². The van der Waals surface area contributed by atoms with Gasteiger partial charge in [0.05, 0.1) is 6.61 Å². The van der Waals surface area contributed by atoms with Crippen LogP contribution in [-0.4, -0.2) is 28.2 Å². The number of hydrogen-bond donors (Lipinski definition) is 2. The van der Waals surface area contributed by atoms with Gasteiger partial charge in [0, 0.05) is 24.4 Å². The first-order chi connectivity index (χ1) is 9.67. The molecule has 0 radical (unpaired) electrons. The van der Waals surface area contributed by atoms with E-state index < -0.39 is 0 Å². The summed E-state index contributed by atoms with van der Waals surface area (Å²) in [7, 11) is 0. The second-order valence-corrected chi connectivity index (χ2v) is 6.63. The summed E-state index contributed by atoms with van der Waals surface area (Å²) >= 11 is 3.44. The molecule has 20 heavy (non-hydrogen) atoms. The van der Waals surface area contributed by atoms with Crippen molar-refractivity contribution < 1.29 is 5.11 Å². The summed E-state index contributed by atoms with van der Waals surface area (Å²) in [4.78, 5) is 8.91. The minimum Gasteiger partial charge on any atom is -0.396 e. The van der Waals surface area contributed by atoms with Crippen LogP contribution in [0.4, 0.5) is 5.82 Å². The zero-order valence-electron chi connectivity index (χ0n) is 12.2. The van der Waals surface area contributed by atoms with Gasteiger partial charge >= 0.3 is 0 Å². The highest BCUT2D eigenvalue weighted by Gasteiger charge is 2.31. The highest BCUT2D eigenvalue weighted by molar-refractivity contribution is 9.10. The molecule has 0 amide bonds. The number of rotatable bonds is 6. The topological polar surface area (TPSA) is 58.0 Å². The zero-order chi connectivity index (χ0) is 14.4. The summed E-state index contributed by atoms with van der Waals surface area (Å²) in [5, 5.41) is 13.1. The van der Waals surface area contributed by atoms with Crippen LogP contribution in [0.25, 0.3) is 0 Å². The summed E-state index contributed by atoms with van der Waals surface area (Å²) in [5.74, 6) is 1.72. The summed E-state index contributed by atoms with van der Waals surface area (Å²) < 4.78 is 0.820. The minimum absolute atomic E-state index is 0.0284. The summed E-state index contributed by atoms with van der Waals surface area (Å²) in [6.45, 7) is 3.17. The molecule has 1 heterocycles. The van der Waals surface area contributed by atoms with Crippen LogP contribution in [0.15, 0.2) is 10.7 Å². The Labute approximate surface area is 129 Å². The fraction of sp³-hybridized carbons (Fsp3) is 0.733. The molecule has 4 nitrogen and oxygen atoms in total. The van der Waals surface area contributed by atoms with E-state index in [1.54, 1.807) is 0 Å². The fourth-order valence-corrected chi connectivity index (χ4v) is 3.28. The van der Waals surface area contributed by atoms with Crippen molar-refractivity contribution >= 4 is 21.7 Å². The van der Waals surface area contributed by atoms with E-state index in [-0.39, 0.29) is 12.0 Å². The molecule has 112 valence electrons. The molecular weight excluding hydrogens is 318 g/mol. The zero-order valence-corrected chi connectivity index (χ0v) is 13.7. The first-order valence-corrected chi connectivity index (χ1v) is 8.35. The second-order valence-electron chi connectivity index (χ2n) is 5.81. The Hall–Kier alpha value is -0.680. The Balaban J connectivity index is 2.02. The van der Waals surface area contributed by atoms with E-state index in [0.29, 0.717) is 0 Å². The van der Waals surface area contributed by atoms with Crippen LogP contribution >= 0.6 is 15.9 Å². The molecule has 1 saturated carbocycles. The fourth-order valence-electron chi connectivity index (χ4n) is 2.86. The number of aryl methyl sites for hydroxylation is 1. The summed E-state index contributed by atoms with van der Waals surface area (Å²) in [5.41, 5.74) is 0.0284. The summed E-state index contributed by atoms with van der Waals surface area (Å²) in [6.07, 6.45) is 7.86. The van der Waals surface area contributed by atoms with Crippen molar-refractivity contribution in [3.05, 3.63) is 16.5 Å². The Kier molecular flexibility index (Phi) is 5.78. The monoisotopic (exact) mass is 341 g/mol. The molecule has 1 aromatic rings. The number of halogens is 1. The number of nitrogens with one attached hydrogen (secondary N) is 1. The number of nitrogens with zero attached hydrogens (tertiary/aromatic N) is 2. The van der Waals surface area contributed by atoms with Crippen LogP contribution in [0.3, 0.4) is 0 Å². The van der Waals surface area contributed by atoms with Gasteiger partial charge in [0.25, 0.3) is 0 Å². The van der Waals surface area contributed by atoms with E-state index in [1.807, 2.05) is 6.07 Å². The van der Waals surface area contributed by atoms with Gasteiger partial charge in [0.15, 0.2) is 0 Å². The lowest BCUT2D eigenvalue weighted by Crippen LogP contribution is -2.35. The number of aliphatic hydroxyl groups excluding tert-OH is 1. The summed E-state index contributed by atoms with van der Waals surface area (Å²) in [6, 6.07) is 1.91. The number of aromatic nitrogens is 2. The molecule has 2 rings (SSSR count). The standard InChI is InChI=1S/C15H24BrN3O/c1-2-6-13-18-12(16)9-14(19-13)17-10-15(11-20)7-4-3-5-8-15/h9,20H,2-8,10-11H2,1H3,(H,17,18,19). The Bertz CT molecular complexity index is 433. The van der Waals surface area contributed by atoms with E-state index in [4.69, 9.17) is 0 Å². The molecule has 0 unspecified atom stereocenters. The average molecular weight is 342 g/mol. The van der Waals surface area contributed by atoms with Crippen LogP contribution in [0, 0.1) is 5.41 Å². The number of hydrogen-bond acceptors (Lipinski definition) is 4. The minimum atomic E-state index is 0.0284. The maximum Gasteiger partial charge on any atom is 0.132 e. The predicted octanol–water partition coefficient (Wildman–Crippen LogP) is 3.55. The first-order valence-electron chi connectivity index (χ1n) is 7.56. The van der Waals surface area contributed by atoms with Crippen LogP contribution in [0.2, 0.25) is 0 Å². The molecule has 5 heteroatoms. The van der Waals surface area contributed by atoms with Crippen LogP contribution in [0.5, 0.6) is 0 Å². The molecule has 0 saturated heterocycles. The van der Waals surface area contributed by atoms with Crippen LogP contribution in [-0.2, 0) is 6.42 Å². The van der Waals surface area contributed by atoms with E-state index in [9.17, 15) is 5.11 Å². The van der Waals surface area contributed by atoms with E-state index in [0.717, 1.165) is 48.5 Å². The molecule has 0 bridgehead atoms. The molecule has 1 aromatic heterocycles. The van der Waals surface area contributed by atoms with Crippen molar-refractivity contribution in [2.45, 2.75) is 51.9 Å². The smallest absolute Gasteiger partial charge is 0.132 e. The highest BCUT2D eigenvalue weighted by Crippen LogP contribution is 2.35. The molecule has 0 atom stereocenters. The number of aliphatic hydroxyl groups is 1. The van der Waals surface area contributed by atoms with E-state index in [1.165, 1.54) is 19.3 Å². The molecule has 0 aromatic carbocycles. The lowest BCUT2D eigenvalue weighted by Gasteiger charge is -2.35. The predicted molar refractivity (Wildman–Crippen MR) is 84.8 cm³/mol. The third kappa shape index (κ3) is 4.16. The lowest BCUT2D eigenvalue weighted by atomic mass is 9.74. The van der Waals surface area contributed by atoms with Gasteiger partial charge in [-0.1, -0.05) is 26.2 Å². The van der Waals surface area contributed by atoms with Crippen molar-refractivity contribution in [2.75, 3.05) is 18.5 Å². The van der Waals surface area contributed by atoms with Gasteiger partial charge in [-0.3, -0.25) is 0 Å². The maximum absolute atomic E-state index is 9.73. The Morgan fingerprint density at radius 3 is 2.70 bits per heavy atom. The molecular formula is C15H24BrN3O. The van der Waals surface area contributed by atoms with Gasteiger partial charge in [0.2, 0.25) is 0 Å². The third-order valence-electron chi connectivity index (χ3n) is 4.11. The second kappa shape index (κ2) is 7.36. The van der Waals surface area contributed by atoms with Gasteiger partial charge in [-0.05, 0) is 35.2 Å². The van der Waals surface area contributed by atoms with Crippen molar-refractivity contribution in [1.82, 2.24) is 9.97 Å². The van der Waals surface area contributed by atoms with Crippen LogP contribution < -0.4 is 5.32 Å². The molecule has 2 N–H and O–H groups in total. The Morgan fingerprint density at radius 1 is 1.30 bits per heavy atom. The largest absolute Gasteiger partial charge is 0.396 e. The molecule has 1 aliphatic rings. The third-order valence-corrected chi connectivity index (χ3v) is 4.52. The van der Waals surface area contributed by atoms with Crippen molar-refractivity contribution in [2.24, 2.45) is 5.41 Å². The molecule has 1 aliphatic carbocycles. The van der Waals surface area contributed by atoms with Gasteiger partial charge in [-0.2, -0.15) is 0 Å². The highest BCUT2D eigenvalue weighted by atomic mass is 79.9. The lowest BCUT2D eigenvalue weighted by molar-refractivity contribution is 0.0943. The van der Waals surface area contributed by atoms with Gasteiger partial charge < -0.3 is 10.4 Å². The molecule has 0 spiro atoms. The van der Waals surface area contributed by atoms with Crippen LogP contribution in [0.1, 0.15) is 51.3 Å². The molecule has 1 fully saturated rings. The van der Waals surface area contributed by atoms with Gasteiger partial charge in [-0.15, -0.1) is 0 Å². The quantitative estimate of drug-likeness (QED) is 0.777. The maximum atomic E-state index is 9.73. The van der Waals surface area contributed by atoms with Crippen molar-refractivity contribution in [3.8, 4) is 0 Å². The van der Waals surface area contributed by atoms with Crippen molar-refractivity contribution in [1.29, 1.82) is 0 Å². The Morgan fingerprint density at radius 2 is 2.05 bits per heavy atom.